The summed E-state index contributed by atoms with van der Waals surface area (Å²) < 4.78 is 5.70. The molecule has 0 spiro atoms. The first-order valence-electron chi connectivity index (χ1n) is 6.96. The maximum absolute atomic E-state index is 11.8. The van der Waals surface area contributed by atoms with Crippen LogP contribution in [0.15, 0.2) is 10.5 Å². The Balaban J connectivity index is 1.56. The molecule has 2 saturated carbocycles. The van der Waals surface area contributed by atoms with Crippen molar-refractivity contribution >= 4 is 22.9 Å². The highest BCUT2D eigenvalue weighted by Crippen LogP contribution is 2.41. The quantitative estimate of drug-likeness (QED) is 0.937. The van der Waals surface area contributed by atoms with E-state index in [0.717, 1.165) is 47.0 Å². The van der Waals surface area contributed by atoms with E-state index >= 15 is 0 Å². The average molecular weight is 289 g/mol. The molecule has 2 aliphatic carbocycles. The van der Waals surface area contributed by atoms with Crippen LogP contribution in [0.25, 0.3) is 10.8 Å². The first-order chi connectivity index (χ1) is 9.70. The van der Waals surface area contributed by atoms with Crippen LogP contribution in [0.4, 0.5) is 5.69 Å². The van der Waals surface area contributed by atoms with Gasteiger partial charge in [0.25, 0.3) is 5.89 Å². The summed E-state index contributed by atoms with van der Waals surface area (Å²) in [6.07, 6.45) is 4.31. The third kappa shape index (κ3) is 2.24. The summed E-state index contributed by atoms with van der Waals surface area (Å²) in [4.78, 5) is 13.8. The van der Waals surface area contributed by atoms with Gasteiger partial charge in [0, 0.05) is 16.7 Å². The lowest BCUT2D eigenvalue weighted by Gasteiger charge is -2.01. The molecule has 2 aliphatic rings. The lowest BCUT2D eigenvalue weighted by molar-refractivity contribution is -0.117. The van der Waals surface area contributed by atoms with E-state index in [1.165, 1.54) is 0 Å². The van der Waals surface area contributed by atoms with E-state index in [4.69, 9.17) is 4.42 Å². The zero-order chi connectivity index (χ0) is 13.7. The number of nitrogens with zero attached hydrogens (tertiary/aromatic N) is 2. The van der Waals surface area contributed by atoms with E-state index in [9.17, 15) is 4.79 Å². The van der Waals surface area contributed by atoms with Crippen LogP contribution in [-0.4, -0.2) is 16.1 Å². The van der Waals surface area contributed by atoms with Crippen LogP contribution in [0.3, 0.4) is 0 Å². The number of carbonyl (C=O) groups excluding carboxylic acids is 1. The highest BCUT2D eigenvalue weighted by Gasteiger charge is 2.31. The third-order valence-electron chi connectivity index (χ3n) is 3.70. The van der Waals surface area contributed by atoms with Gasteiger partial charge in [-0.05, 0) is 38.7 Å². The Kier molecular flexibility index (Phi) is 2.66. The highest BCUT2D eigenvalue weighted by atomic mass is 32.1. The minimum Gasteiger partial charge on any atom is -0.420 e. The number of hydrogen-bond acceptors (Lipinski definition) is 5. The van der Waals surface area contributed by atoms with Gasteiger partial charge in [-0.1, -0.05) is 0 Å². The number of amides is 1. The summed E-state index contributed by atoms with van der Waals surface area (Å²) in [5.41, 5.74) is 0.869. The molecule has 0 atom stereocenters. The lowest BCUT2D eigenvalue weighted by Crippen LogP contribution is -2.13. The van der Waals surface area contributed by atoms with Crippen molar-refractivity contribution in [1.29, 1.82) is 0 Å². The molecule has 5 nitrogen and oxygen atoms in total. The van der Waals surface area contributed by atoms with Gasteiger partial charge >= 0.3 is 0 Å². The van der Waals surface area contributed by atoms with Gasteiger partial charge in [0.1, 0.15) is 0 Å². The largest absolute Gasteiger partial charge is 0.420 e. The van der Waals surface area contributed by atoms with Crippen LogP contribution >= 0.6 is 11.3 Å². The van der Waals surface area contributed by atoms with Gasteiger partial charge in [-0.3, -0.25) is 4.79 Å². The van der Waals surface area contributed by atoms with Gasteiger partial charge in [-0.2, -0.15) is 0 Å². The summed E-state index contributed by atoms with van der Waals surface area (Å²) in [5, 5.41) is 11.2. The van der Waals surface area contributed by atoms with E-state index in [-0.39, 0.29) is 11.8 Å². The van der Waals surface area contributed by atoms with Gasteiger partial charge in [0.05, 0.1) is 10.6 Å². The van der Waals surface area contributed by atoms with Crippen molar-refractivity contribution in [3.05, 3.63) is 16.8 Å². The Hall–Kier alpha value is -1.69. The first-order valence-corrected chi connectivity index (χ1v) is 7.77. The number of rotatable bonds is 4. The van der Waals surface area contributed by atoms with Crippen LogP contribution in [0.1, 0.15) is 42.4 Å². The van der Waals surface area contributed by atoms with E-state index < -0.39 is 0 Å². The SMILES string of the molecule is Cc1sc(-c2nnc(C3CC3)o2)cc1NC(=O)C1CC1. The summed E-state index contributed by atoms with van der Waals surface area (Å²) in [6.45, 7) is 1.99. The highest BCUT2D eigenvalue weighted by molar-refractivity contribution is 7.15. The van der Waals surface area contributed by atoms with Crippen molar-refractivity contribution in [2.45, 2.75) is 38.5 Å². The summed E-state index contributed by atoms with van der Waals surface area (Å²) in [7, 11) is 0. The zero-order valence-corrected chi connectivity index (χ0v) is 12.0. The predicted octanol–water partition coefficient (Wildman–Crippen LogP) is 3.33. The number of carbonyl (C=O) groups is 1. The van der Waals surface area contributed by atoms with Crippen molar-refractivity contribution in [1.82, 2.24) is 10.2 Å². The third-order valence-corrected chi connectivity index (χ3v) is 4.74. The topological polar surface area (TPSA) is 68.0 Å². The Morgan fingerprint density at radius 2 is 2.15 bits per heavy atom. The van der Waals surface area contributed by atoms with Crippen LogP contribution < -0.4 is 5.32 Å². The van der Waals surface area contributed by atoms with Gasteiger partial charge in [0.2, 0.25) is 11.8 Å². The van der Waals surface area contributed by atoms with Crippen molar-refractivity contribution in [3.8, 4) is 10.8 Å². The molecule has 2 aromatic heterocycles. The molecule has 4 rings (SSSR count). The molecule has 1 N–H and O–H groups in total. The molecule has 0 aromatic carbocycles. The molecule has 2 heterocycles. The summed E-state index contributed by atoms with van der Waals surface area (Å²) in [6, 6.07) is 1.93. The van der Waals surface area contributed by atoms with Crippen molar-refractivity contribution < 1.29 is 9.21 Å². The molecule has 104 valence electrons. The molecule has 0 unspecified atom stereocenters. The number of hydrogen-bond donors (Lipinski definition) is 1. The molecule has 0 radical (unpaired) electrons. The van der Waals surface area contributed by atoms with Crippen LogP contribution in [0, 0.1) is 12.8 Å². The number of anilines is 1. The Bertz CT molecular complexity index is 668. The monoisotopic (exact) mass is 289 g/mol. The van der Waals surface area contributed by atoms with Gasteiger partial charge < -0.3 is 9.73 Å². The molecule has 2 aromatic rings. The zero-order valence-electron chi connectivity index (χ0n) is 11.2. The normalized spacial score (nSPS) is 18.2. The maximum Gasteiger partial charge on any atom is 0.257 e. The minimum absolute atomic E-state index is 0.127. The Morgan fingerprint density at radius 3 is 2.85 bits per heavy atom. The number of thiophene rings is 1. The van der Waals surface area contributed by atoms with E-state index in [1.807, 2.05) is 13.0 Å². The van der Waals surface area contributed by atoms with E-state index in [1.54, 1.807) is 11.3 Å². The molecule has 0 saturated heterocycles. The molecule has 6 heteroatoms. The van der Waals surface area contributed by atoms with E-state index in [2.05, 4.69) is 15.5 Å². The molecular weight excluding hydrogens is 274 g/mol. The summed E-state index contributed by atoms with van der Waals surface area (Å²) >= 11 is 1.58. The first kappa shape index (κ1) is 12.1. The number of aryl methyl sites for hydroxylation is 1. The number of aromatic nitrogens is 2. The van der Waals surface area contributed by atoms with Gasteiger partial charge in [0.15, 0.2) is 0 Å². The summed E-state index contributed by atoms with van der Waals surface area (Å²) in [5.74, 6) is 2.11. The second-order valence-electron chi connectivity index (χ2n) is 5.56. The predicted molar refractivity (Wildman–Crippen MR) is 75.7 cm³/mol. The van der Waals surface area contributed by atoms with Crippen LogP contribution in [0.5, 0.6) is 0 Å². The Labute approximate surface area is 120 Å². The molecule has 20 heavy (non-hydrogen) atoms. The fourth-order valence-electron chi connectivity index (χ4n) is 2.12. The lowest BCUT2D eigenvalue weighted by atomic mass is 10.3. The average Bonchev–Trinajstić information content (AvgIpc) is 3.35. The Morgan fingerprint density at radius 1 is 1.35 bits per heavy atom. The van der Waals surface area contributed by atoms with Crippen LogP contribution in [-0.2, 0) is 4.79 Å². The second-order valence-corrected chi connectivity index (χ2v) is 6.82. The number of nitrogens with one attached hydrogen (secondary N) is 1. The van der Waals surface area contributed by atoms with Crippen LogP contribution in [0.2, 0.25) is 0 Å². The fraction of sp³-hybridized carbons (Fsp3) is 0.500. The van der Waals surface area contributed by atoms with Gasteiger partial charge in [-0.25, -0.2) is 0 Å². The van der Waals surface area contributed by atoms with Crippen molar-refractivity contribution in [2.24, 2.45) is 5.92 Å². The molecule has 2 fully saturated rings. The van der Waals surface area contributed by atoms with Gasteiger partial charge in [-0.15, -0.1) is 21.5 Å². The van der Waals surface area contributed by atoms with Crippen molar-refractivity contribution in [3.63, 3.8) is 0 Å². The van der Waals surface area contributed by atoms with Crippen molar-refractivity contribution in [2.75, 3.05) is 5.32 Å². The minimum atomic E-state index is 0.127. The molecule has 0 aliphatic heterocycles. The molecular formula is C14H15N3O2S. The van der Waals surface area contributed by atoms with E-state index in [0.29, 0.717) is 11.8 Å². The second kappa shape index (κ2) is 4.41. The maximum atomic E-state index is 11.8. The smallest absolute Gasteiger partial charge is 0.257 e. The standard InChI is InChI=1S/C14H15N3O2S/c1-7-10(15-12(18)8-2-3-8)6-11(20-7)14-17-16-13(19-14)9-4-5-9/h6,8-9H,2-5H2,1H3,(H,15,18). The molecule has 1 amide bonds. The molecule has 0 bridgehead atoms. The fourth-order valence-corrected chi connectivity index (χ4v) is 3.02.